The van der Waals surface area contributed by atoms with Crippen LogP contribution in [0.2, 0.25) is 0 Å². The molecule has 192 valence electrons. The predicted molar refractivity (Wildman–Crippen MR) is 141 cm³/mol. The fourth-order valence-electron chi connectivity index (χ4n) is 4.32. The minimum Gasteiger partial charge on any atom is -0.497 e. The molecule has 0 saturated heterocycles. The largest absolute Gasteiger partial charge is 0.497 e. The van der Waals surface area contributed by atoms with Crippen LogP contribution in [0.5, 0.6) is 5.75 Å². The number of aryl methyl sites for hydroxylation is 2. The first-order chi connectivity index (χ1) is 17.1. The molecule has 0 aliphatic heterocycles. The number of hydrogen-bond donors (Lipinski definition) is 1. The summed E-state index contributed by atoms with van der Waals surface area (Å²) >= 11 is 2.95. The summed E-state index contributed by atoms with van der Waals surface area (Å²) in [5.41, 5.74) is 1.75. The number of methoxy groups -OCH3 is 1. The molecule has 4 rings (SSSR count). The number of nitrogens with zero attached hydrogens (tertiary/aromatic N) is 2. The van der Waals surface area contributed by atoms with E-state index in [-0.39, 0.29) is 18.1 Å². The first-order valence-electron chi connectivity index (χ1n) is 11.6. The van der Waals surface area contributed by atoms with Crippen LogP contribution in [0.4, 0.5) is 0 Å². The van der Waals surface area contributed by atoms with Gasteiger partial charge in [0.2, 0.25) is 15.9 Å². The van der Waals surface area contributed by atoms with Gasteiger partial charge in [-0.05, 0) is 72.7 Å². The molecule has 8 nitrogen and oxygen atoms in total. The van der Waals surface area contributed by atoms with Crippen molar-refractivity contribution in [3.8, 4) is 5.75 Å². The number of ether oxygens (including phenoxy) is 1. The molecule has 1 fully saturated rings. The maximum Gasteiger partial charge on any atom is 0.233 e. The second kappa shape index (κ2) is 10.8. The molecule has 2 heterocycles. The number of amides is 1. The van der Waals surface area contributed by atoms with Crippen molar-refractivity contribution < 1.29 is 22.7 Å². The van der Waals surface area contributed by atoms with E-state index in [9.17, 15) is 18.0 Å². The minimum absolute atomic E-state index is 0.0447. The Morgan fingerprint density at radius 2 is 1.92 bits per heavy atom. The van der Waals surface area contributed by atoms with Crippen molar-refractivity contribution in [2.24, 2.45) is 5.14 Å². The topological polar surface area (TPSA) is 120 Å². The number of Topliss-reactive ketones (excluding diaryl/α,β-unsaturated/α-hetero) is 1. The van der Waals surface area contributed by atoms with E-state index >= 15 is 0 Å². The standard InChI is InChI=1S/C25H29N3O5S3/c1-17-23(21(29)16-36(26,31)32)27-22(35-17)14-28(12-3-4-18-9-13-34-15-18)24(30)25(10-11-25)19-5-7-20(33-2)8-6-19/h5-9,13,15H,3-4,10-12,14,16H2,1-2H3,(H2,26,31,32). The number of rotatable bonds is 12. The molecular formula is C25H29N3O5S3. The zero-order valence-electron chi connectivity index (χ0n) is 20.2. The van der Waals surface area contributed by atoms with E-state index in [0.29, 0.717) is 16.4 Å². The number of thiophene rings is 1. The number of carbonyl (C=O) groups is 2. The van der Waals surface area contributed by atoms with Gasteiger partial charge < -0.3 is 9.64 Å². The molecule has 1 saturated carbocycles. The molecule has 0 spiro atoms. The van der Waals surface area contributed by atoms with Crippen molar-refractivity contribution in [2.75, 3.05) is 19.4 Å². The predicted octanol–water partition coefficient (Wildman–Crippen LogP) is 3.69. The fourth-order valence-corrected chi connectivity index (χ4v) is 6.49. The Hall–Kier alpha value is -2.60. The molecule has 0 bridgehead atoms. The normalized spacial score (nSPS) is 14.4. The highest BCUT2D eigenvalue weighted by atomic mass is 32.2. The summed E-state index contributed by atoms with van der Waals surface area (Å²) < 4.78 is 28.0. The fraction of sp³-hybridized carbons (Fsp3) is 0.400. The number of carbonyl (C=O) groups excluding carboxylic acids is 2. The van der Waals surface area contributed by atoms with E-state index in [2.05, 4.69) is 16.4 Å². The van der Waals surface area contributed by atoms with Gasteiger partial charge in [-0.3, -0.25) is 9.59 Å². The van der Waals surface area contributed by atoms with Gasteiger partial charge in [0, 0.05) is 11.4 Å². The van der Waals surface area contributed by atoms with Crippen LogP contribution in [0.3, 0.4) is 0 Å². The Labute approximate surface area is 219 Å². The molecule has 2 N–H and O–H groups in total. The van der Waals surface area contributed by atoms with Crippen molar-refractivity contribution in [1.82, 2.24) is 9.88 Å². The molecule has 1 aliphatic carbocycles. The monoisotopic (exact) mass is 547 g/mol. The summed E-state index contributed by atoms with van der Waals surface area (Å²) in [6.07, 6.45) is 3.20. The molecule has 36 heavy (non-hydrogen) atoms. The van der Waals surface area contributed by atoms with Crippen molar-refractivity contribution >= 4 is 44.4 Å². The lowest BCUT2D eigenvalue weighted by Gasteiger charge is -2.27. The Balaban J connectivity index is 1.55. The summed E-state index contributed by atoms with van der Waals surface area (Å²) in [5, 5.41) is 9.79. The van der Waals surface area contributed by atoms with E-state index in [1.54, 1.807) is 25.4 Å². The van der Waals surface area contributed by atoms with Gasteiger partial charge in [0.15, 0.2) is 5.78 Å². The maximum atomic E-state index is 13.9. The van der Waals surface area contributed by atoms with Crippen molar-refractivity contribution in [1.29, 1.82) is 0 Å². The van der Waals surface area contributed by atoms with Crippen LogP contribution in [0, 0.1) is 6.92 Å². The highest BCUT2D eigenvalue weighted by Gasteiger charge is 2.53. The number of aromatic nitrogens is 1. The van der Waals surface area contributed by atoms with Crippen LogP contribution in [0.1, 0.15) is 50.8 Å². The minimum atomic E-state index is -3.95. The highest BCUT2D eigenvalue weighted by Crippen LogP contribution is 2.50. The molecule has 2 aromatic heterocycles. The quantitative estimate of drug-likeness (QED) is 0.346. The van der Waals surface area contributed by atoms with Gasteiger partial charge in [-0.15, -0.1) is 11.3 Å². The van der Waals surface area contributed by atoms with Crippen LogP contribution in [-0.4, -0.2) is 49.4 Å². The number of benzene rings is 1. The van der Waals surface area contributed by atoms with Gasteiger partial charge in [0.25, 0.3) is 0 Å². The lowest BCUT2D eigenvalue weighted by molar-refractivity contribution is -0.134. The maximum absolute atomic E-state index is 13.9. The Bertz CT molecular complexity index is 1330. The molecule has 1 aromatic carbocycles. The molecular weight excluding hydrogens is 518 g/mol. The summed E-state index contributed by atoms with van der Waals surface area (Å²) in [7, 11) is -2.34. The van der Waals surface area contributed by atoms with Crippen LogP contribution in [-0.2, 0) is 33.2 Å². The highest BCUT2D eigenvalue weighted by molar-refractivity contribution is 7.89. The van der Waals surface area contributed by atoms with Gasteiger partial charge in [0.05, 0.1) is 19.1 Å². The molecule has 11 heteroatoms. The van der Waals surface area contributed by atoms with Gasteiger partial charge >= 0.3 is 0 Å². The van der Waals surface area contributed by atoms with E-state index in [1.807, 2.05) is 34.5 Å². The average molecular weight is 548 g/mol. The summed E-state index contributed by atoms with van der Waals surface area (Å²) in [5.74, 6) is -0.640. The number of thiazole rings is 1. The van der Waals surface area contributed by atoms with Gasteiger partial charge in [-0.25, -0.2) is 18.5 Å². The molecule has 1 amide bonds. The smallest absolute Gasteiger partial charge is 0.233 e. The summed E-state index contributed by atoms with van der Waals surface area (Å²) in [4.78, 5) is 33.2. The van der Waals surface area contributed by atoms with Crippen LogP contribution in [0.15, 0.2) is 41.1 Å². The zero-order valence-corrected chi connectivity index (χ0v) is 22.7. The van der Waals surface area contributed by atoms with E-state index in [0.717, 1.165) is 37.0 Å². The van der Waals surface area contributed by atoms with Crippen LogP contribution < -0.4 is 9.88 Å². The van der Waals surface area contributed by atoms with Crippen LogP contribution >= 0.6 is 22.7 Å². The summed E-state index contributed by atoms with van der Waals surface area (Å²) in [6, 6.07) is 9.73. The van der Waals surface area contributed by atoms with Crippen molar-refractivity contribution in [3.63, 3.8) is 0 Å². The SMILES string of the molecule is COc1ccc(C2(C(=O)N(CCCc3ccsc3)Cc3nc(C(=O)CS(N)(=O)=O)c(C)s3)CC2)cc1. The summed E-state index contributed by atoms with van der Waals surface area (Å²) in [6.45, 7) is 2.53. The Morgan fingerprint density at radius 1 is 1.19 bits per heavy atom. The van der Waals surface area contributed by atoms with Gasteiger partial charge in [-0.1, -0.05) is 12.1 Å². The second-order valence-corrected chi connectivity index (χ2v) is 12.7. The molecule has 0 atom stereocenters. The average Bonchev–Trinajstić information content (AvgIpc) is 3.31. The first kappa shape index (κ1) is 26.5. The third-order valence-electron chi connectivity index (χ3n) is 6.33. The van der Waals surface area contributed by atoms with E-state index in [4.69, 9.17) is 9.88 Å². The number of primary sulfonamides is 1. The van der Waals surface area contributed by atoms with Gasteiger partial charge in [-0.2, -0.15) is 11.3 Å². The van der Waals surface area contributed by atoms with Crippen molar-refractivity contribution in [2.45, 2.75) is 44.6 Å². The van der Waals surface area contributed by atoms with Crippen LogP contribution in [0.25, 0.3) is 0 Å². The Kier molecular flexibility index (Phi) is 7.93. The van der Waals surface area contributed by atoms with Gasteiger partial charge in [0.1, 0.15) is 22.2 Å². The molecule has 1 aliphatic rings. The molecule has 0 radical (unpaired) electrons. The third-order valence-corrected chi connectivity index (χ3v) is 8.68. The Morgan fingerprint density at radius 3 is 2.50 bits per heavy atom. The first-order valence-corrected chi connectivity index (χ1v) is 15.0. The number of ketones is 1. The number of nitrogens with two attached hydrogens (primary N) is 1. The van der Waals surface area contributed by atoms with E-state index in [1.165, 1.54) is 16.9 Å². The lowest BCUT2D eigenvalue weighted by atomic mass is 9.94. The molecule has 3 aromatic rings. The third kappa shape index (κ3) is 6.20. The zero-order chi connectivity index (χ0) is 25.9. The number of hydrogen-bond acceptors (Lipinski definition) is 8. The van der Waals surface area contributed by atoms with Crippen molar-refractivity contribution in [3.05, 3.63) is 67.8 Å². The van der Waals surface area contributed by atoms with E-state index < -0.39 is 27.0 Å². The lowest BCUT2D eigenvalue weighted by Crippen LogP contribution is -2.39. The molecule has 0 unspecified atom stereocenters. The second-order valence-electron chi connectivity index (χ2n) is 9.02. The number of sulfonamides is 1.